The van der Waals surface area contributed by atoms with Crippen molar-refractivity contribution < 1.29 is 4.79 Å². The van der Waals surface area contributed by atoms with Crippen LogP contribution in [0.1, 0.15) is 36.8 Å². The molecular weight excluding hydrogens is 358 g/mol. The van der Waals surface area contributed by atoms with E-state index < -0.39 is 5.41 Å². The normalized spacial score (nSPS) is 18.1. The van der Waals surface area contributed by atoms with Crippen molar-refractivity contribution in [3.8, 4) is 6.07 Å². The van der Waals surface area contributed by atoms with Crippen molar-refractivity contribution in [2.75, 3.05) is 32.7 Å². The molecule has 4 heteroatoms. The lowest BCUT2D eigenvalue weighted by atomic mass is 9.73. The van der Waals surface area contributed by atoms with Crippen molar-refractivity contribution in [3.63, 3.8) is 0 Å². The molecule has 0 aromatic heterocycles. The van der Waals surface area contributed by atoms with E-state index in [1.807, 2.05) is 36.4 Å². The highest BCUT2D eigenvalue weighted by Crippen LogP contribution is 2.35. The fraction of sp³-hybridized carbons (Fsp3) is 0.440. The Morgan fingerprint density at radius 2 is 1.55 bits per heavy atom. The van der Waals surface area contributed by atoms with Gasteiger partial charge in [-0.05, 0) is 43.4 Å². The average molecular weight is 388 g/mol. The lowest BCUT2D eigenvalue weighted by Crippen LogP contribution is -2.38. The lowest BCUT2D eigenvalue weighted by Gasteiger charge is -2.31. The maximum Gasteiger partial charge on any atom is 0.225 e. The lowest BCUT2D eigenvalue weighted by molar-refractivity contribution is -0.132. The van der Waals surface area contributed by atoms with Crippen LogP contribution in [-0.4, -0.2) is 48.4 Å². The van der Waals surface area contributed by atoms with Gasteiger partial charge in [-0.2, -0.15) is 5.26 Å². The van der Waals surface area contributed by atoms with Crippen molar-refractivity contribution in [2.45, 2.75) is 31.1 Å². The molecule has 0 radical (unpaired) electrons. The van der Waals surface area contributed by atoms with Gasteiger partial charge in [0, 0.05) is 32.1 Å². The van der Waals surface area contributed by atoms with Crippen molar-refractivity contribution in [1.82, 2.24) is 9.80 Å². The van der Waals surface area contributed by atoms with Crippen molar-refractivity contribution in [1.29, 1.82) is 5.26 Å². The fourth-order valence-corrected chi connectivity index (χ4v) is 4.41. The zero-order chi connectivity index (χ0) is 20.1. The maximum atomic E-state index is 12.4. The van der Waals surface area contributed by atoms with E-state index in [0.29, 0.717) is 11.8 Å². The number of hydrogen-bond acceptors (Lipinski definition) is 3. The van der Waals surface area contributed by atoms with E-state index in [-0.39, 0.29) is 0 Å². The number of rotatable bonds is 6. The van der Waals surface area contributed by atoms with Crippen LogP contribution in [0.3, 0.4) is 0 Å². The van der Waals surface area contributed by atoms with E-state index >= 15 is 0 Å². The Balaban J connectivity index is 1.49. The first-order valence-electron chi connectivity index (χ1n) is 10.8. The minimum absolute atomic E-state index is 0.295. The highest BCUT2D eigenvalue weighted by molar-refractivity contribution is 5.81. The monoisotopic (exact) mass is 387 g/mol. The number of carbonyl (C=O) groups excluding carboxylic acids is 1. The molecule has 1 amide bonds. The van der Waals surface area contributed by atoms with Gasteiger partial charge in [0.1, 0.15) is 5.41 Å². The molecule has 1 heterocycles. The molecule has 4 rings (SSSR count). The molecule has 29 heavy (non-hydrogen) atoms. The molecule has 1 saturated heterocycles. The predicted molar refractivity (Wildman–Crippen MR) is 114 cm³/mol. The van der Waals surface area contributed by atoms with Crippen LogP contribution in [0.5, 0.6) is 0 Å². The second-order valence-electron chi connectivity index (χ2n) is 8.29. The largest absolute Gasteiger partial charge is 0.341 e. The van der Waals surface area contributed by atoms with Gasteiger partial charge in [0.2, 0.25) is 5.91 Å². The third-order valence-electron chi connectivity index (χ3n) is 6.35. The number of nitrogens with zero attached hydrogens (tertiary/aromatic N) is 3. The van der Waals surface area contributed by atoms with Gasteiger partial charge >= 0.3 is 0 Å². The molecule has 1 saturated carbocycles. The topological polar surface area (TPSA) is 47.3 Å². The van der Waals surface area contributed by atoms with E-state index in [2.05, 4.69) is 40.1 Å². The second-order valence-corrected chi connectivity index (χ2v) is 8.29. The maximum absolute atomic E-state index is 12.4. The SMILES string of the molecule is N#CC(CCN1CCCN(C(=O)C2CC2)CC1)(c1ccccc1)c1ccccc1. The minimum atomic E-state index is -0.654. The summed E-state index contributed by atoms with van der Waals surface area (Å²) in [6, 6.07) is 23.0. The number of carbonyl (C=O) groups is 1. The van der Waals surface area contributed by atoms with Crippen LogP contribution >= 0.6 is 0 Å². The van der Waals surface area contributed by atoms with Gasteiger partial charge in [-0.25, -0.2) is 0 Å². The van der Waals surface area contributed by atoms with Crippen LogP contribution in [0.4, 0.5) is 0 Å². The third kappa shape index (κ3) is 4.36. The molecule has 0 spiro atoms. The Bertz CT molecular complexity index is 815. The Hall–Kier alpha value is -2.64. The van der Waals surface area contributed by atoms with Crippen LogP contribution in [0.25, 0.3) is 0 Å². The van der Waals surface area contributed by atoms with Crippen LogP contribution in [0.2, 0.25) is 0 Å². The van der Waals surface area contributed by atoms with E-state index in [1.165, 1.54) is 0 Å². The van der Waals surface area contributed by atoms with Crippen molar-refractivity contribution in [3.05, 3.63) is 71.8 Å². The van der Waals surface area contributed by atoms with Gasteiger partial charge in [-0.1, -0.05) is 60.7 Å². The molecule has 2 fully saturated rings. The summed E-state index contributed by atoms with van der Waals surface area (Å²) in [4.78, 5) is 16.9. The Morgan fingerprint density at radius 1 is 0.931 bits per heavy atom. The summed E-state index contributed by atoms with van der Waals surface area (Å²) < 4.78 is 0. The zero-order valence-corrected chi connectivity index (χ0v) is 17.0. The van der Waals surface area contributed by atoms with Gasteiger partial charge in [0.15, 0.2) is 0 Å². The molecule has 2 aromatic rings. The molecule has 1 aliphatic carbocycles. The second kappa shape index (κ2) is 8.80. The first-order valence-corrected chi connectivity index (χ1v) is 10.8. The first kappa shape index (κ1) is 19.7. The summed E-state index contributed by atoms with van der Waals surface area (Å²) in [7, 11) is 0. The smallest absolute Gasteiger partial charge is 0.225 e. The average Bonchev–Trinajstić information content (AvgIpc) is 3.63. The molecule has 0 bridgehead atoms. The Labute approximate surface area is 173 Å². The summed E-state index contributed by atoms with van der Waals surface area (Å²) in [6.07, 6.45) is 3.89. The zero-order valence-electron chi connectivity index (χ0n) is 17.0. The summed E-state index contributed by atoms with van der Waals surface area (Å²) in [6.45, 7) is 4.41. The molecule has 150 valence electrons. The first-order chi connectivity index (χ1) is 14.2. The summed E-state index contributed by atoms with van der Waals surface area (Å²) in [5, 5.41) is 10.3. The van der Waals surface area contributed by atoms with E-state index in [4.69, 9.17) is 0 Å². The summed E-state index contributed by atoms with van der Waals surface area (Å²) in [5.41, 5.74) is 1.45. The van der Waals surface area contributed by atoms with Gasteiger partial charge < -0.3 is 9.80 Å². The van der Waals surface area contributed by atoms with E-state index in [0.717, 1.165) is 69.5 Å². The quantitative estimate of drug-likeness (QED) is 0.757. The van der Waals surface area contributed by atoms with Crippen LogP contribution < -0.4 is 0 Å². The summed E-state index contributed by atoms with van der Waals surface area (Å²) >= 11 is 0. The number of hydrogen-bond donors (Lipinski definition) is 0. The van der Waals surface area contributed by atoms with Crippen molar-refractivity contribution >= 4 is 5.91 Å². The molecule has 0 atom stereocenters. The number of nitriles is 1. The van der Waals surface area contributed by atoms with Crippen LogP contribution in [-0.2, 0) is 10.2 Å². The predicted octanol–water partition coefficient (Wildman–Crippen LogP) is 3.83. The molecule has 0 N–H and O–H groups in total. The van der Waals surface area contributed by atoms with Gasteiger partial charge in [-0.15, -0.1) is 0 Å². The van der Waals surface area contributed by atoms with Crippen LogP contribution in [0.15, 0.2) is 60.7 Å². The standard InChI is InChI=1S/C25H29N3O/c26-20-25(22-8-3-1-4-9-22,23-10-5-2-6-11-23)14-17-27-15-7-16-28(19-18-27)24(29)21-12-13-21/h1-6,8-11,21H,7,12-19H2. The summed E-state index contributed by atoms with van der Waals surface area (Å²) in [5.74, 6) is 0.649. The van der Waals surface area contributed by atoms with Crippen molar-refractivity contribution in [2.24, 2.45) is 5.92 Å². The molecule has 2 aliphatic rings. The van der Waals surface area contributed by atoms with Gasteiger partial charge in [0.25, 0.3) is 0 Å². The minimum Gasteiger partial charge on any atom is -0.341 e. The number of amides is 1. The Morgan fingerprint density at radius 3 is 2.10 bits per heavy atom. The molecular formula is C25H29N3O. The molecule has 1 aliphatic heterocycles. The highest BCUT2D eigenvalue weighted by atomic mass is 16.2. The number of benzene rings is 2. The van der Waals surface area contributed by atoms with E-state index in [9.17, 15) is 10.1 Å². The van der Waals surface area contributed by atoms with Gasteiger partial charge in [0.05, 0.1) is 6.07 Å². The fourth-order valence-electron chi connectivity index (χ4n) is 4.41. The third-order valence-corrected chi connectivity index (χ3v) is 6.35. The highest BCUT2D eigenvalue weighted by Gasteiger charge is 2.36. The van der Waals surface area contributed by atoms with Gasteiger partial charge in [-0.3, -0.25) is 4.79 Å². The van der Waals surface area contributed by atoms with E-state index in [1.54, 1.807) is 0 Å². The molecule has 2 aromatic carbocycles. The molecule has 4 nitrogen and oxygen atoms in total. The van der Waals surface area contributed by atoms with Crippen LogP contribution in [0, 0.1) is 17.2 Å². The Kier molecular flexibility index (Phi) is 5.97. The molecule has 0 unspecified atom stereocenters.